The van der Waals surface area contributed by atoms with Gasteiger partial charge in [0.05, 0.1) is 6.04 Å². The van der Waals surface area contributed by atoms with E-state index in [0.717, 1.165) is 12.1 Å². The smallest absolute Gasteiger partial charge is 0.406 e. The van der Waals surface area contributed by atoms with Crippen molar-refractivity contribution in [3.8, 4) is 5.75 Å². The molecule has 4 rings (SSSR count). The molecule has 5 atom stereocenters. The molecule has 2 aliphatic heterocycles. The molecule has 1 fully saturated rings. The van der Waals surface area contributed by atoms with E-state index in [-0.39, 0.29) is 12.1 Å². The van der Waals surface area contributed by atoms with Crippen molar-refractivity contribution in [1.29, 1.82) is 0 Å². The van der Waals surface area contributed by atoms with E-state index in [1.54, 1.807) is 18.2 Å². The summed E-state index contributed by atoms with van der Waals surface area (Å²) in [6.07, 6.45) is -8.51. The molecule has 2 heterocycles. The zero-order chi connectivity index (χ0) is 24.6. The van der Waals surface area contributed by atoms with Crippen LogP contribution < -0.4 is 15.4 Å². The van der Waals surface area contributed by atoms with Crippen molar-refractivity contribution in [2.24, 2.45) is 0 Å². The topological polar surface area (TPSA) is 135 Å². The van der Waals surface area contributed by atoms with Crippen LogP contribution in [0.1, 0.15) is 52.3 Å². The number of aliphatic hydroxyl groups is 4. The van der Waals surface area contributed by atoms with Gasteiger partial charge in [0.1, 0.15) is 30.7 Å². The SMILES string of the molecule is O=C(NCc1ccc2c(c1)C(O)N(C1CCC(O)NC1O)C2O)c1ccc(OC(F)(F)F)cc1. The number of carbonyl (C=O) groups is 1. The van der Waals surface area contributed by atoms with Crippen LogP contribution in [0.15, 0.2) is 42.5 Å². The normalized spacial score (nSPS) is 27.3. The summed E-state index contributed by atoms with van der Waals surface area (Å²) in [5.74, 6) is -0.955. The second-order valence-electron chi connectivity index (χ2n) is 8.18. The lowest BCUT2D eigenvalue weighted by molar-refractivity contribution is -0.274. The number of halogens is 3. The molecule has 5 unspecified atom stereocenters. The maximum atomic E-state index is 12.4. The molecule has 0 aliphatic carbocycles. The average molecular weight is 483 g/mol. The fourth-order valence-electron chi connectivity index (χ4n) is 4.29. The molecule has 0 saturated carbocycles. The summed E-state index contributed by atoms with van der Waals surface area (Å²) in [7, 11) is 0. The summed E-state index contributed by atoms with van der Waals surface area (Å²) in [6, 6.07) is 8.77. The number of rotatable bonds is 5. The highest BCUT2D eigenvalue weighted by Crippen LogP contribution is 2.42. The molecule has 0 aromatic heterocycles. The Kier molecular flexibility index (Phi) is 6.80. The molecule has 0 radical (unpaired) electrons. The quantitative estimate of drug-likeness (QED) is 0.374. The van der Waals surface area contributed by atoms with E-state index < -0.39 is 49.0 Å². The molecule has 12 heteroatoms. The number of ether oxygens (including phenoxy) is 1. The molecule has 0 bridgehead atoms. The molecule has 1 amide bonds. The number of carbonyl (C=O) groups excluding carboxylic acids is 1. The lowest BCUT2D eigenvalue weighted by Crippen LogP contribution is -2.57. The number of hydrogen-bond donors (Lipinski definition) is 6. The average Bonchev–Trinajstić information content (AvgIpc) is 3.01. The zero-order valence-electron chi connectivity index (χ0n) is 17.7. The fraction of sp³-hybridized carbons (Fsp3) is 0.409. The minimum absolute atomic E-state index is 0.0650. The number of amides is 1. The lowest BCUT2D eigenvalue weighted by atomic mass is 10.0. The van der Waals surface area contributed by atoms with Crippen LogP contribution in [0.4, 0.5) is 13.2 Å². The van der Waals surface area contributed by atoms with Gasteiger partial charge in [-0.15, -0.1) is 13.2 Å². The predicted octanol–water partition coefficient (Wildman–Crippen LogP) is 1.20. The molecule has 9 nitrogen and oxygen atoms in total. The van der Waals surface area contributed by atoms with Gasteiger partial charge in [-0.05, 0) is 48.7 Å². The van der Waals surface area contributed by atoms with Gasteiger partial charge in [0, 0.05) is 23.2 Å². The summed E-state index contributed by atoms with van der Waals surface area (Å²) in [6.45, 7) is 0.0650. The van der Waals surface area contributed by atoms with E-state index >= 15 is 0 Å². The Bertz CT molecular complexity index is 1040. The van der Waals surface area contributed by atoms with Crippen molar-refractivity contribution in [2.75, 3.05) is 0 Å². The third-order valence-electron chi connectivity index (χ3n) is 5.92. The molecule has 6 N–H and O–H groups in total. The molecule has 2 aliphatic rings. The van der Waals surface area contributed by atoms with Crippen molar-refractivity contribution in [1.82, 2.24) is 15.5 Å². The third kappa shape index (κ3) is 5.17. The molecular weight excluding hydrogens is 459 g/mol. The Morgan fingerprint density at radius 2 is 1.71 bits per heavy atom. The molecule has 0 spiro atoms. The van der Waals surface area contributed by atoms with E-state index in [0.29, 0.717) is 29.5 Å². The van der Waals surface area contributed by atoms with Crippen molar-refractivity contribution >= 4 is 5.91 Å². The Morgan fingerprint density at radius 1 is 1.03 bits per heavy atom. The zero-order valence-corrected chi connectivity index (χ0v) is 17.7. The highest BCUT2D eigenvalue weighted by Gasteiger charge is 2.44. The first kappa shape index (κ1) is 24.4. The first-order valence-corrected chi connectivity index (χ1v) is 10.6. The summed E-state index contributed by atoms with van der Waals surface area (Å²) in [5.41, 5.74) is 1.64. The molecular formula is C22H24F3N3O6. The van der Waals surface area contributed by atoms with Crippen LogP contribution in [0.3, 0.4) is 0 Å². The number of hydrogen-bond acceptors (Lipinski definition) is 8. The van der Waals surface area contributed by atoms with Gasteiger partial charge in [-0.1, -0.05) is 12.1 Å². The molecule has 2 aromatic rings. The third-order valence-corrected chi connectivity index (χ3v) is 5.92. The number of nitrogens with one attached hydrogen (secondary N) is 2. The molecule has 2 aromatic carbocycles. The van der Waals surface area contributed by atoms with Crippen molar-refractivity contribution < 1.29 is 43.1 Å². The van der Waals surface area contributed by atoms with Gasteiger partial charge in [0.25, 0.3) is 5.91 Å². The van der Waals surface area contributed by atoms with E-state index in [1.165, 1.54) is 17.0 Å². The van der Waals surface area contributed by atoms with Gasteiger partial charge in [-0.3, -0.25) is 10.1 Å². The Balaban J connectivity index is 1.40. The monoisotopic (exact) mass is 483 g/mol. The van der Waals surface area contributed by atoms with Gasteiger partial charge in [-0.25, -0.2) is 4.90 Å². The molecule has 184 valence electrons. The number of alkyl halides is 3. The Morgan fingerprint density at radius 3 is 2.35 bits per heavy atom. The predicted molar refractivity (Wildman–Crippen MR) is 111 cm³/mol. The number of piperidine rings is 1. The number of aliphatic hydroxyl groups excluding tert-OH is 4. The second-order valence-corrected chi connectivity index (χ2v) is 8.18. The van der Waals surface area contributed by atoms with Gasteiger partial charge < -0.3 is 30.5 Å². The van der Waals surface area contributed by atoms with Crippen molar-refractivity contribution in [2.45, 2.75) is 56.7 Å². The lowest BCUT2D eigenvalue weighted by Gasteiger charge is -2.40. The first-order valence-electron chi connectivity index (χ1n) is 10.6. The van der Waals surface area contributed by atoms with E-state index in [2.05, 4.69) is 15.4 Å². The van der Waals surface area contributed by atoms with Crippen LogP contribution in [0.5, 0.6) is 5.75 Å². The second kappa shape index (κ2) is 9.49. The summed E-state index contributed by atoms with van der Waals surface area (Å²) in [5, 5.41) is 46.6. The maximum absolute atomic E-state index is 12.4. The van der Waals surface area contributed by atoms with Crippen LogP contribution in [0.2, 0.25) is 0 Å². The van der Waals surface area contributed by atoms with Crippen molar-refractivity contribution in [3.63, 3.8) is 0 Å². The standard InChI is InChI=1S/C22H24F3N3O6/c23-22(24,25)34-13-4-2-12(3-5-13)18(30)26-10-11-1-6-14-15(9-11)21(33)28(20(14)32)16-7-8-17(29)27-19(16)31/h1-6,9,16-17,19-21,27,29,31-33H,7-8,10H2,(H,26,30). The highest BCUT2D eigenvalue weighted by molar-refractivity contribution is 5.94. The first-order chi connectivity index (χ1) is 16.0. The van der Waals surface area contributed by atoms with E-state index in [1.807, 2.05) is 0 Å². The van der Waals surface area contributed by atoms with Crippen LogP contribution in [-0.2, 0) is 6.54 Å². The van der Waals surface area contributed by atoms with Crippen LogP contribution in [0, 0.1) is 0 Å². The van der Waals surface area contributed by atoms with Crippen LogP contribution in [-0.4, -0.2) is 56.1 Å². The maximum Gasteiger partial charge on any atom is 0.573 e. The summed E-state index contributed by atoms with van der Waals surface area (Å²) < 4.78 is 40.5. The number of fused-ring (bicyclic) bond motifs is 1. The van der Waals surface area contributed by atoms with Crippen LogP contribution >= 0.6 is 0 Å². The minimum atomic E-state index is -4.82. The Hall–Kier alpha value is -2.74. The molecule has 1 saturated heterocycles. The van der Waals surface area contributed by atoms with E-state index in [9.17, 15) is 38.4 Å². The van der Waals surface area contributed by atoms with E-state index in [4.69, 9.17) is 0 Å². The largest absolute Gasteiger partial charge is 0.573 e. The fourth-order valence-corrected chi connectivity index (χ4v) is 4.29. The van der Waals surface area contributed by atoms with Crippen molar-refractivity contribution in [3.05, 3.63) is 64.7 Å². The number of benzene rings is 2. The number of nitrogens with zero attached hydrogens (tertiary/aromatic N) is 1. The highest BCUT2D eigenvalue weighted by atomic mass is 19.4. The van der Waals surface area contributed by atoms with Gasteiger partial charge >= 0.3 is 6.36 Å². The van der Waals surface area contributed by atoms with Crippen LogP contribution in [0.25, 0.3) is 0 Å². The summed E-state index contributed by atoms with van der Waals surface area (Å²) in [4.78, 5) is 13.7. The summed E-state index contributed by atoms with van der Waals surface area (Å²) >= 11 is 0. The van der Waals surface area contributed by atoms with Gasteiger partial charge in [-0.2, -0.15) is 0 Å². The minimum Gasteiger partial charge on any atom is -0.406 e. The van der Waals surface area contributed by atoms with Gasteiger partial charge in [0.15, 0.2) is 0 Å². The van der Waals surface area contributed by atoms with Gasteiger partial charge in [0.2, 0.25) is 0 Å². The Labute approximate surface area is 192 Å². The molecule has 34 heavy (non-hydrogen) atoms.